The number of nitrogens with one attached hydrogen (secondary N) is 1. The van der Waals surface area contributed by atoms with E-state index in [4.69, 9.17) is 4.74 Å². The Kier molecular flexibility index (Phi) is 6.68. The van der Waals surface area contributed by atoms with Crippen LogP contribution in [0.25, 0.3) is 10.9 Å². The molecule has 12 heteroatoms. The summed E-state index contributed by atoms with van der Waals surface area (Å²) in [6, 6.07) is 11.2. The standard InChI is InChI=1S/C29H30F3N3O5S/c1-19-6-7-20(39-27-8-3-13-35(18-27)14-4-9-27)15-23(19)26(36)34-28(10-11-28)24-16-21(40-41(37,38)29(30,31)32)17-25-22(24)5-2-12-33-25/h2,5-7,12,15-17H,3-4,8-11,13-14,18H2,1H3,(H,34,36). The predicted molar refractivity (Wildman–Crippen MR) is 145 cm³/mol. The first-order valence-electron chi connectivity index (χ1n) is 13.6. The number of aromatic nitrogens is 1. The number of rotatable bonds is 7. The number of fused-ring (bicyclic) bond motifs is 3. The van der Waals surface area contributed by atoms with Crippen LogP contribution in [-0.4, -0.2) is 55.0 Å². The zero-order chi connectivity index (χ0) is 29.0. The second-order valence-corrected chi connectivity index (χ2v) is 12.8. The van der Waals surface area contributed by atoms with Crippen LogP contribution in [0.5, 0.6) is 11.5 Å². The molecule has 6 rings (SSSR count). The average Bonchev–Trinajstić information content (AvgIpc) is 3.68. The number of hydrogen-bond donors (Lipinski definition) is 1. The van der Waals surface area contributed by atoms with E-state index in [2.05, 4.69) is 19.4 Å². The number of halogens is 3. The fraction of sp³-hybridized carbons (Fsp3) is 0.448. The summed E-state index contributed by atoms with van der Waals surface area (Å²) >= 11 is 0. The Labute approximate surface area is 236 Å². The lowest BCUT2D eigenvalue weighted by molar-refractivity contribution is -0.0500. The fourth-order valence-electron chi connectivity index (χ4n) is 6.15. The zero-order valence-corrected chi connectivity index (χ0v) is 23.3. The lowest BCUT2D eigenvalue weighted by Crippen LogP contribution is -2.55. The molecule has 1 aromatic heterocycles. The van der Waals surface area contributed by atoms with Crippen LogP contribution in [-0.2, 0) is 15.7 Å². The van der Waals surface area contributed by atoms with E-state index in [1.54, 1.807) is 18.2 Å². The van der Waals surface area contributed by atoms with Crippen LogP contribution in [0, 0.1) is 6.92 Å². The second kappa shape index (κ2) is 9.87. The Hall–Kier alpha value is -3.38. The second-order valence-electron chi connectivity index (χ2n) is 11.3. The minimum Gasteiger partial charge on any atom is -0.486 e. The van der Waals surface area contributed by atoms with Crippen molar-refractivity contribution < 1.29 is 35.3 Å². The quantitative estimate of drug-likeness (QED) is 0.299. The summed E-state index contributed by atoms with van der Waals surface area (Å²) in [6.45, 7) is 4.85. The molecule has 1 N–H and O–H groups in total. The van der Waals surface area contributed by atoms with Crippen molar-refractivity contribution in [3.05, 3.63) is 65.4 Å². The predicted octanol–water partition coefficient (Wildman–Crippen LogP) is 5.20. The van der Waals surface area contributed by atoms with E-state index in [1.807, 2.05) is 19.1 Å². The molecule has 2 bridgehead atoms. The number of amides is 1. The normalized spacial score (nSPS) is 23.6. The van der Waals surface area contributed by atoms with Gasteiger partial charge < -0.3 is 14.2 Å². The number of benzene rings is 2. The largest absolute Gasteiger partial charge is 0.534 e. The first-order chi connectivity index (χ1) is 19.4. The van der Waals surface area contributed by atoms with Gasteiger partial charge in [0, 0.05) is 29.8 Å². The highest BCUT2D eigenvalue weighted by molar-refractivity contribution is 7.88. The van der Waals surface area contributed by atoms with Gasteiger partial charge in [0.25, 0.3) is 5.91 Å². The zero-order valence-electron chi connectivity index (χ0n) is 22.5. The number of hydrogen-bond acceptors (Lipinski definition) is 7. The third-order valence-corrected chi connectivity index (χ3v) is 9.29. The van der Waals surface area contributed by atoms with Gasteiger partial charge in [0.2, 0.25) is 0 Å². The molecule has 1 aliphatic carbocycles. The molecule has 0 radical (unpaired) electrons. The first-order valence-corrected chi connectivity index (χ1v) is 15.0. The molecule has 3 fully saturated rings. The van der Waals surface area contributed by atoms with Gasteiger partial charge >= 0.3 is 15.6 Å². The molecule has 2 aliphatic heterocycles. The molecule has 0 unspecified atom stereocenters. The molecular formula is C29H30F3N3O5S. The van der Waals surface area contributed by atoms with Gasteiger partial charge in [-0.05, 0) is 93.9 Å². The maximum absolute atomic E-state index is 13.7. The van der Waals surface area contributed by atoms with E-state index < -0.39 is 26.9 Å². The molecule has 218 valence electrons. The molecule has 3 aliphatic rings. The summed E-state index contributed by atoms with van der Waals surface area (Å²) in [4.78, 5) is 20.3. The maximum Gasteiger partial charge on any atom is 0.534 e. The van der Waals surface area contributed by atoms with Crippen molar-refractivity contribution in [2.75, 3.05) is 19.6 Å². The van der Waals surface area contributed by atoms with Crippen LogP contribution in [0.2, 0.25) is 0 Å². The number of carbonyl (C=O) groups is 1. The molecular weight excluding hydrogens is 559 g/mol. The molecule has 3 aromatic rings. The van der Waals surface area contributed by atoms with E-state index in [1.165, 1.54) is 12.3 Å². The van der Waals surface area contributed by atoms with Crippen LogP contribution in [0.1, 0.15) is 60.0 Å². The summed E-state index contributed by atoms with van der Waals surface area (Å²) in [6.07, 6.45) is 6.52. The van der Waals surface area contributed by atoms with Crippen LogP contribution in [0.3, 0.4) is 0 Å². The topological polar surface area (TPSA) is 97.8 Å². The Morgan fingerprint density at radius 2 is 1.76 bits per heavy atom. The number of piperidine rings is 2. The van der Waals surface area contributed by atoms with Gasteiger partial charge in [0.1, 0.15) is 17.1 Å². The smallest absolute Gasteiger partial charge is 0.486 e. The third-order valence-electron chi connectivity index (χ3n) is 8.32. The summed E-state index contributed by atoms with van der Waals surface area (Å²) < 4.78 is 73.5. The SMILES string of the molecule is Cc1ccc(OC23CCCN(CCC2)C3)cc1C(=O)NC1(c2cc(OS(=O)(=O)C(F)(F)F)cc3ncccc23)CC1. The van der Waals surface area contributed by atoms with Crippen LogP contribution >= 0.6 is 0 Å². The third kappa shape index (κ3) is 5.34. The molecule has 0 atom stereocenters. The molecule has 1 saturated carbocycles. The van der Waals surface area contributed by atoms with Gasteiger partial charge in [-0.3, -0.25) is 14.7 Å². The van der Waals surface area contributed by atoms with Crippen molar-refractivity contribution in [2.45, 2.75) is 62.1 Å². The summed E-state index contributed by atoms with van der Waals surface area (Å²) in [5.74, 6) is -0.260. The Morgan fingerprint density at radius 3 is 2.44 bits per heavy atom. The molecule has 2 saturated heterocycles. The molecule has 41 heavy (non-hydrogen) atoms. The molecule has 0 spiro atoms. The monoisotopic (exact) mass is 589 g/mol. The van der Waals surface area contributed by atoms with E-state index >= 15 is 0 Å². The van der Waals surface area contributed by atoms with E-state index in [0.717, 1.165) is 56.9 Å². The Balaban J connectivity index is 1.29. The highest BCUT2D eigenvalue weighted by Gasteiger charge is 2.50. The van der Waals surface area contributed by atoms with Crippen molar-refractivity contribution in [1.29, 1.82) is 0 Å². The van der Waals surface area contributed by atoms with Gasteiger partial charge in [-0.25, -0.2) is 0 Å². The molecule has 3 heterocycles. The van der Waals surface area contributed by atoms with E-state index in [-0.39, 0.29) is 17.0 Å². The van der Waals surface area contributed by atoms with E-state index in [9.17, 15) is 26.4 Å². The Morgan fingerprint density at radius 1 is 1.02 bits per heavy atom. The summed E-state index contributed by atoms with van der Waals surface area (Å²) in [5.41, 5.74) is -4.90. The van der Waals surface area contributed by atoms with Crippen molar-refractivity contribution in [3.8, 4) is 11.5 Å². The minimum absolute atomic E-state index is 0.248. The van der Waals surface area contributed by atoms with Crippen molar-refractivity contribution in [1.82, 2.24) is 15.2 Å². The van der Waals surface area contributed by atoms with Crippen LogP contribution < -0.4 is 14.2 Å². The minimum atomic E-state index is -5.89. The fourth-order valence-corrected chi connectivity index (χ4v) is 6.59. The van der Waals surface area contributed by atoms with Crippen molar-refractivity contribution in [2.24, 2.45) is 0 Å². The number of alkyl halides is 3. The lowest BCUT2D eigenvalue weighted by atomic mass is 9.84. The van der Waals surface area contributed by atoms with Gasteiger partial charge in [-0.15, -0.1) is 0 Å². The van der Waals surface area contributed by atoms with E-state index in [0.29, 0.717) is 35.1 Å². The van der Waals surface area contributed by atoms with Crippen molar-refractivity contribution >= 4 is 26.9 Å². The Bertz CT molecular complexity index is 1610. The first kappa shape index (κ1) is 27.8. The van der Waals surface area contributed by atoms with Gasteiger partial charge in [0.15, 0.2) is 0 Å². The number of carbonyl (C=O) groups excluding carboxylic acids is 1. The van der Waals surface area contributed by atoms with Crippen LogP contribution in [0.15, 0.2) is 48.7 Å². The highest BCUT2D eigenvalue weighted by atomic mass is 32.2. The number of aryl methyl sites for hydroxylation is 1. The van der Waals surface area contributed by atoms with Gasteiger partial charge in [-0.1, -0.05) is 12.1 Å². The highest BCUT2D eigenvalue weighted by Crippen LogP contribution is 2.49. The maximum atomic E-state index is 13.7. The number of ether oxygens (including phenoxy) is 1. The lowest BCUT2D eigenvalue weighted by Gasteiger charge is -2.46. The average molecular weight is 590 g/mol. The number of pyridine rings is 1. The molecule has 1 amide bonds. The van der Waals surface area contributed by atoms with Crippen molar-refractivity contribution in [3.63, 3.8) is 0 Å². The number of nitrogens with zero attached hydrogens (tertiary/aromatic N) is 2. The molecule has 2 aromatic carbocycles. The summed E-state index contributed by atoms with van der Waals surface area (Å²) in [5, 5.41) is 3.65. The molecule has 8 nitrogen and oxygen atoms in total. The van der Waals surface area contributed by atoms with Gasteiger partial charge in [0.05, 0.1) is 11.1 Å². The van der Waals surface area contributed by atoms with Gasteiger partial charge in [-0.2, -0.15) is 21.6 Å². The summed E-state index contributed by atoms with van der Waals surface area (Å²) in [7, 11) is -5.89. The van der Waals surface area contributed by atoms with Crippen LogP contribution in [0.4, 0.5) is 13.2 Å².